The van der Waals surface area contributed by atoms with E-state index in [2.05, 4.69) is 39.8 Å². The Morgan fingerprint density at radius 2 is 2.17 bits per heavy atom. The molecule has 2 rings (SSSR count). The van der Waals surface area contributed by atoms with Gasteiger partial charge in [-0.15, -0.1) is 0 Å². The number of imidazole rings is 1. The summed E-state index contributed by atoms with van der Waals surface area (Å²) >= 11 is 0. The second kappa shape index (κ2) is 6.90. The predicted molar refractivity (Wildman–Crippen MR) is 74.5 cm³/mol. The van der Waals surface area contributed by atoms with Crippen molar-refractivity contribution in [2.24, 2.45) is 0 Å². The van der Waals surface area contributed by atoms with E-state index < -0.39 is 0 Å². The molecular weight excluding hydrogens is 224 g/mol. The van der Waals surface area contributed by atoms with Crippen LogP contribution in [-0.4, -0.2) is 40.1 Å². The Labute approximate surface area is 110 Å². The fourth-order valence-electron chi connectivity index (χ4n) is 2.81. The summed E-state index contributed by atoms with van der Waals surface area (Å²) in [5.41, 5.74) is 0. The normalized spacial score (nSPS) is 17.5. The molecule has 0 aromatic carbocycles. The third-order valence-corrected chi connectivity index (χ3v) is 3.82. The van der Waals surface area contributed by atoms with Gasteiger partial charge in [0.25, 0.3) is 0 Å². The van der Waals surface area contributed by atoms with Crippen LogP contribution in [0, 0.1) is 0 Å². The molecule has 1 fully saturated rings. The zero-order valence-corrected chi connectivity index (χ0v) is 11.7. The number of hydrogen-bond donors (Lipinski definition) is 1. The molecule has 0 saturated carbocycles. The van der Waals surface area contributed by atoms with Crippen LogP contribution in [0.25, 0.3) is 0 Å². The summed E-state index contributed by atoms with van der Waals surface area (Å²) in [6.07, 6.45) is 7.77. The average molecular weight is 250 g/mol. The van der Waals surface area contributed by atoms with Crippen molar-refractivity contribution in [2.45, 2.75) is 52.2 Å². The molecule has 1 saturated heterocycles. The van der Waals surface area contributed by atoms with E-state index in [4.69, 9.17) is 0 Å². The molecule has 4 heteroatoms. The summed E-state index contributed by atoms with van der Waals surface area (Å²) in [6, 6.07) is 0.730. The van der Waals surface area contributed by atoms with Crippen molar-refractivity contribution in [1.29, 1.82) is 0 Å². The van der Waals surface area contributed by atoms with Crippen molar-refractivity contribution in [3.8, 4) is 0 Å². The van der Waals surface area contributed by atoms with Crippen LogP contribution < -0.4 is 5.32 Å². The second-order valence-corrected chi connectivity index (χ2v) is 5.08. The van der Waals surface area contributed by atoms with Gasteiger partial charge in [-0.3, -0.25) is 4.90 Å². The topological polar surface area (TPSA) is 33.1 Å². The van der Waals surface area contributed by atoms with Crippen molar-refractivity contribution in [2.75, 3.05) is 19.6 Å². The number of nitrogens with zero attached hydrogens (tertiary/aromatic N) is 3. The van der Waals surface area contributed by atoms with E-state index in [-0.39, 0.29) is 0 Å². The Morgan fingerprint density at radius 3 is 2.83 bits per heavy atom. The smallest absolute Gasteiger partial charge is 0.122 e. The fraction of sp³-hybridized carbons (Fsp3) is 0.786. The number of rotatable bonds is 6. The van der Waals surface area contributed by atoms with Gasteiger partial charge in [0.2, 0.25) is 0 Å². The van der Waals surface area contributed by atoms with Crippen LogP contribution in [0.2, 0.25) is 0 Å². The van der Waals surface area contributed by atoms with Crippen LogP contribution in [0.15, 0.2) is 12.4 Å². The Bertz CT molecular complexity index is 341. The van der Waals surface area contributed by atoms with E-state index in [1.54, 1.807) is 0 Å². The highest BCUT2D eigenvalue weighted by molar-refractivity contribution is 4.93. The first-order valence-corrected chi connectivity index (χ1v) is 7.30. The van der Waals surface area contributed by atoms with E-state index in [1.165, 1.54) is 31.6 Å². The first kappa shape index (κ1) is 13.6. The van der Waals surface area contributed by atoms with Crippen LogP contribution in [0.4, 0.5) is 0 Å². The average Bonchev–Trinajstić information content (AvgIpc) is 2.86. The molecule has 1 aromatic rings. The number of aryl methyl sites for hydroxylation is 1. The van der Waals surface area contributed by atoms with E-state index in [1.807, 2.05) is 6.20 Å². The van der Waals surface area contributed by atoms with Crippen molar-refractivity contribution < 1.29 is 0 Å². The standard InChI is InChI=1S/C14H26N4/c1-3-10-18(13-5-7-15-8-6-13)12-14-16-9-11-17(14)4-2/h9,11,13,15H,3-8,10,12H2,1-2H3. The summed E-state index contributed by atoms with van der Waals surface area (Å²) < 4.78 is 2.25. The molecular formula is C14H26N4. The maximum Gasteiger partial charge on any atom is 0.122 e. The van der Waals surface area contributed by atoms with Crippen molar-refractivity contribution in [3.63, 3.8) is 0 Å². The lowest BCUT2D eigenvalue weighted by molar-refractivity contribution is 0.149. The minimum atomic E-state index is 0.730. The largest absolute Gasteiger partial charge is 0.334 e. The predicted octanol–water partition coefficient (Wildman–Crippen LogP) is 1.87. The van der Waals surface area contributed by atoms with E-state index >= 15 is 0 Å². The monoisotopic (exact) mass is 250 g/mol. The summed E-state index contributed by atoms with van der Waals surface area (Å²) in [7, 11) is 0. The molecule has 0 amide bonds. The summed E-state index contributed by atoms with van der Waals surface area (Å²) in [4.78, 5) is 7.13. The molecule has 4 nitrogen and oxygen atoms in total. The molecule has 0 bridgehead atoms. The first-order valence-electron chi connectivity index (χ1n) is 7.30. The van der Waals surface area contributed by atoms with Crippen LogP contribution in [0.1, 0.15) is 38.9 Å². The molecule has 1 aliphatic rings. The highest BCUT2D eigenvalue weighted by atomic mass is 15.2. The molecule has 0 radical (unpaired) electrons. The minimum absolute atomic E-state index is 0.730. The zero-order valence-electron chi connectivity index (χ0n) is 11.7. The third-order valence-electron chi connectivity index (χ3n) is 3.82. The summed E-state index contributed by atoms with van der Waals surface area (Å²) in [5, 5.41) is 3.45. The molecule has 0 aliphatic carbocycles. The third kappa shape index (κ3) is 3.33. The molecule has 0 spiro atoms. The van der Waals surface area contributed by atoms with Crippen LogP contribution in [0.3, 0.4) is 0 Å². The van der Waals surface area contributed by atoms with Crippen LogP contribution in [0.5, 0.6) is 0 Å². The quantitative estimate of drug-likeness (QED) is 0.836. The molecule has 1 aromatic heterocycles. The van der Waals surface area contributed by atoms with Crippen molar-refractivity contribution >= 4 is 0 Å². The van der Waals surface area contributed by atoms with E-state index in [9.17, 15) is 0 Å². The Kier molecular flexibility index (Phi) is 5.20. The van der Waals surface area contributed by atoms with E-state index in [0.29, 0.717) is 0 Å². The van der Waals surface area contributed by atoms with E-state index in [0.717, 1.165) is 32.2 Å². The SMILES string of the molecule is CCCN(Cc1nccn1CC)C1CCNCC1. The molecule has 2 heterocycles. The first-order chi connectivity index (χ1) is 8.85. The number of hydrogen-bond acceptors (Lipinski definition) is 3. The van der Waals surface area contributed by atoms with Gasteiger partial charge in [-0.2, -0.15) is 0 Å². The molecule has 0 atom stereocenters. The van der Waals surface area contributed by atoms with Gasteiger partial charge in [0.05, 0.1) is 6.54 Å². The van der Waals surface area contributed by atoms with Gasteiger partial charge in [0.15, 0.2) is 0 Å². The Hall–Kier alpha value is -0.870. The maximum atomic E-state index is 4.51. The van der Waals surface area contributed by atoms with Gasteiger partial charge < -0.3 is 9.88 Å². The summed E-state index contributed by atoms with van der Waals surface area (Å²) in [6.45, 7) is 9.96. The molecule has 18 heavy (non-hydrogen) atoms. The van der Waals surface area contributed by atoms with Gasteiger partial charge >= 0.3 is 0 Å². The molecule has 1 aliphatic heterocycles. The van der Waals surface area contributed by atoms with Gasteiger partial charge in [-0.1, -0.05) is 6.92 Å². The van der Waals surface area contributed by atoms with Gasteiger partial charge in [-0.25, -0.2) is 4.98 Å². The van der Waals surface area contributed by atoms with Crippen molar-refractivity contribution in [3.05, 3.63) is 18.2 Å². The lowest BCUT2D eigenvalue weighted by Gasteiger charge is -2.34. The van der Waals surface area contributed by atoms with Gasteiger partial charge in [-0.05, 0) is 45.8 Å². The number of nitrogens with one attached hydrogen (secondary N) is 1. The van der Waals surface area contributed by atoms with Gasteiger partial charge in [0, 0.05) is 25.0 Å². The Balaban J connectivity index is 2.00. The maximum absolute atomic E-state index is 4.51. The molecule has 0 unspecified atom stereocenters. The second-order valence-electron chi connectivity index (χ2n) is 5.08. The number of aromatic nitrogens is 2. The Morgan fingerprint density at radius 1 is 1.39 bits per heavy atom. The minimum Gasteiger partial charge on any atom is -0.334 e. The highest BCUT2D eigenvalue weighted by Gasteiger charge is 2.21. The highest BCUT2D eigenvalue weighted by Crippen LogP contribution is 2.15. The number of piperidine rings is 1. The molecule has 1 N–H and O–H groups in total. The zero-order chi connectivity index (χ0) is 12.8. The lowest BCUT2D eigenvalue weighted by atomic mass is 10.0. The fourth-order valence-corrected chi connectivity index (χ4v) is 2.81. The lowest BCUT2D eigenvalue weighted by Crippen LogP contribution is -2.43. The molecule has 102 valence electrons. The summed E-state index contributed by atoms with van der Waals surface area (Å²) in [5.74, 6) is 1.21. The van der Waals surface area contributed by atoms with Gasteiger partial charge in [0.1, 0.15) is 5.82 Å². The van der Waals surface area contributed by atoms with Crippen molar-refractivity contribution in [1.82, 2.24) is 19.8 Å². The van der Waals surface area contributed by atoms with Crippen LogP contribution >= 0.6 is 0 Å². The van der Waals surface area contributed by atoms with Crippen LogP contribution in [-0.2, 0) is 13.1 Å².